The summed E-state index contributed by atoms with van der Waals surface area (Å²) < 4.78 is 26.5. The van der Waals surface area contributed by atoms with Crippen LogP contribution >= 0.6 is 0 Å². The van der Waals surface area contributed by atoms with Crippen molar-refractivity contribution >= 4 is 21.6 Å². The van der Waals surface area contributed by atoms with Crippen LogP contribution in [-0.4, -0.2) is 36.8 Å². The molecule has 0 fully saturated rings. The highest BCUT2D eigenvalue weighted by Gasteiger charge is 2.23. The summed E-state index contributed by atoms with van der Waals surface area (Å²) in [4.78, 5) is 12.3. The van der Waals surface area contributed by atoms with E-state index < -0.39 is 10.0 Å². The molecule has 140 valence electrons. The largest absolute Gasteiger partial charge is 0.506 e. The van der Waals surface area contributed by atoms with Gasteiger partial charge in [0.15, 0.2) is 0 Å². The maximum atomic E-state index is 12.6. The zero-order chi connectivity index (χ0) is 19.3. The summed E-state index contributed by atoms with van der Waals surface area (Å²) in [5.74, 6) is -0.512. The predicted octanol–water partition coefficient (Wildman–Crippen LogP) is 2.91. The summed E-state index contributed by atoms with van der Waals surface area (Å²) in [5, 5.41) is 12.6. The van der Waals surface area contributed by atoms with Crippen molar-refractivity contribution in [2.45, 2.75) is 32.1 Å². The molecular weight excluding hydrogens is 352 g/mol. The van der Waals surface area contributed by atoms with Crippen molar-refractivity contribution in [1.29, 1.82) is 0 Å². The van der Waals surface area contributed by atoms with E-state index in [-0.39, 0.29) is 28.7 Å². The van der Waals surface area contributed by atoms with Crippen molar-refractivity contribution in [2.75, 3.05) is 18.4 Å². The van der Waals surface area contributed by atoms with Crippen LogP contribution in [0.3, 0.4) is 0 Å². The molecule has 2 aromatic carbocycles. The second kappa shape index (κ2) is 8.33. The number of phenols is 1. The fourth-order valence-corrected chi connectivity index (χ4v) is 4.06. The Balaban J connectivity index is 2.21. The van der Waals surface area contributed by atoms with Gasteiger partial charge >= 0.3 is 0 Å². The molecular formula is C19H24N2O4S. The first-order valence-corrected chi connectivity index (χ1v) is 9.90. The van der Waals surface area contributed by atoms with Gasteiger partial charge in [-0.25, -0.2) is 8.42 Å². The summed E-state index contributed by atoms with van der Waals surface area (Å²) in [7, 11) is -3.67. The first-order valence-electron chi connectivity index (χ1n) is 8.46. The van der Waals surface area contributed by atoms with Gasteiger partial charge in [0.05, 0.1) is 17.0 Å². The highest BCUT2D eigenvalue weighted by molar-refractivity contribution is 7.89. The molecule has 6 nitrogen and oxygen atoms in total. The van der Waals surface area contributed by atoms with Crippen molar-refractivity contribution in [3.05, 3.63) is 53.6 Å². The number of anilines is 1. The SMILES string of the molecule is CCN(CC)S(=O)(=O)c1ccc(O)c(NC(=O)Cc2ccc(C)cc2)c1. The molecule has 0 unspecified atom stereocenters. The number of carbonyl (C=O) groups excluding carboxylic acids is 1. The average Bonchev–Trinajstić information content (AvgIpc) is 2.59. The molecule has 0 aliphatic rings. The normalized spacial score (nSPS) is 11.5. The van der Waals surface area contributed by atoms with Gasteiger partial charge < -0.3 is 10.4 Å². The van der Waals surface area contributed by atoms with Gasteiger partial charge in [0.1, 0.15) is 5.75 Å². The van der Waals surface area contributed by atoms with Crippen LogP contribution in [0.1, 0.15) is 25.0 Å². The van der Waals surface area contributed by atoms with Gasteiger partial charge in [-0.1, -0.05) is 43.7 Å². The van der Waals surface area contributed by atoms with Crippen LogP contribution in [0.2, 0.25) is 0 Å². The van der Waals surface area contributed by atoms with E-state index in [9.17, 15) is 18.3 Å². The van der Waals surface area contributed by atoms with Crippen molar-refractivity contribution in [3.63, 3.8) is 0 Å². The van der Waals surface area contributed by atoms with Crippen LogP contribution < -0.4 is 5.32 Å². The van der Waals surface area contributed by atoms with E-state index in [0.717, 1.165) is 11.1 Å². The number of benzene rings is 2. The Bertz CT molecular complexity index is 873. The summed E-state index contributed by atoms with van der Waals surface area (Å²) in [6.45, 7) is 6.16. The molecule has 0 atom stereocenters. The molecule has 2 N–H and O–H groups in total. The van der Waals surface area contributed by atoms with Gasteiger partial charge in [-0.05, 0) is 30.7 Å². The lowest BCUT2D eigenvalue weighted by molar-refractivity contribution is -0.115. The fourth-order valence-electron chi connectivity index (χ4n) is 2.57. The Hall–Kier alpha value is -2.38. The van der Waals surface area contributed by atoms with Crippen LogP contribution in [0.4, 0.5) is 5.69 Å². The molecule has 0 aliphatic carbocycles. The number of nitrogens with one attached hydrogen (secondary N) is 1. The number of carbonyl (C=O) groups is 1. The van der Waals surface area contributed by atoms with Crippen LogP contribution in [0.5, 0.6) is 5.75 Å². The number of rotatable bonds is 7. The second-order valence-corrected chi connectivity index (χ2v) is 7.92. The molecule has 0 bridgehead atoms. The van der Waals surface area contributed by atoms with Crippen LogP contribution in [-0.2, 0) is 21.2 Å². The van der Waals surface area contributed by atoms with Crippen molar-refractivity contribution in [1.82, 2.24) is 4.31 Å². The Morgan fingerprint density at radius 2 is 1.69 bits per heavy atom. The van der Waals surface area contributed by atoms with Gasteiger partial charge in [0.2, 0.25) is 15.9 Å². The average molecular weight is 376 g/mol. The maximum absolute atomic E-state index is 12.6. The molecule has 26 heavy (non-hydrogen) atoms. The standard InChI is InChI=1S/C19H24N2O4S/c1-4-21(5-2)26(24,25)16-10-11-18(22)17(13-16)20-19(23)12-15-8-6-14(3)7-9-15/h6-11,13,22H,4-5,12H2,1-3H3,(H,20,23). The molecule has 7 heteroatoms. The third-order valence-electron chi connectivity index (χ3n) is 4.07. The molecule has 0 aromatic heterocycles. The zero-order valence-electron chi connectivity index (χ0n) is 15.2. The first kappa shape index (κ1) is 19.9. The first-order chi connectivity index (χ1) is 12.3. The monoisotopic (exact) mass is 376 g/mol. The number of hydrogen-bond acceptors (Lipinski definition) is 4. The number of hydrogen-bond donors (Lipinski definition) is 2. The minimum Gasteiger partial charge on any atom is -0.506 e. The van der Waals surface area contributed by atoms with E-state index in [1.165, 1.54) is 22.5 Å². The van der Waals surface area contributed by atoms with Crippen LogP contribution in [0, 0.1) is 6.92 Å². The summed E-state index contributed by atoms with van der Waals surface area (Å²) in [6, 6.07) is 11.4. The van der Waals surface area contributed by atoms with E-state index in [2.05, 4.69) is 5.32 Å². The highest BCUT2D eigenvalue weighted by atomic mass is 32.2. The van der Waals surface area contributed by atoms with E-state index in [0.29, 0.717) is 13.1 Å². The predicted molar refractivity (Wildman–Crippen MR) is 102 cm³/mol. The molecule has 0 saturated heterocycles. The lowest BCUT2D eigenvalue weighted by Gasteiger charge is -2.19. The molecule has 0 aliphatic heterocycles. The molecule has 0 saturated carbocycles. The van der Waals surface area contributed by atoms with Gasteiger partial charge in [0.25, 0.3) is 0 Å². The van der Waals surface area contributed by atoms with E-state index in [1.807, 2.05) is 31.2 Å². The third kappa shape index (κ3) is 4.62. The minimum absolute atomic E-state index is 0.0321. The third-order valence-corrected chi connectivity index (χ3v) is 6.12. The van der Waals surface area contributed by atoms with Crippen LogP contribution in [0.25, 0.3) is 0 Å². The van der Waals surface area contributed by atoms with E-state index in [4.69, 9.17) is 0 Å². The zero-order valence-corrected chi connectivity index (χ0v) is 16.0. The smallest absolute Gasteiger partial charge is 0.243 e. The van der Waals surface area contributed by atoms with Crippen molar-refractivity contribution < 1.29 is 18.3 Å². The van der Waals surface area contributed by atoms with Gasteiger partial charge in [-0.2, -0.15) is 4.31 Å². The van der Waals surface area contributed by atoms with Crippen LogP contribution in [0.15, 0.2) is 47.4 Å². The molecule has 2 rings (SSSR count). The van der Waals surface area contributed by atoms with Crippen molar-refractivity contribution in [3.8, 4) is 5.75 Å². The topological polar surface area (TPSA) is 86.7 Å². The molecule has 0 spiro atoms. The molecule has 0 radical (unpaired) electrons. The summed E-state index contributed by atoms with van der Waals surface area (Å²) in [6.07, 6.45) is 0.132. The Morgan fingerprint density at radius 1 is 1.08 bits per heavy atom. The molecule has 1 amide bonds. The molecule has 0 heterocycles. The number of sulfonamides is 1. The summed E-state index contributed by atoms with van der Waals surface area (Å²) in [5.41, 5.74) is 2.01. The van der Waals surface area contributed by atoms with Gasteiger partial charge in [-0.15, -0.1) is 0 Å². The van der Waals surface area contributed by atoms with Gasteiger partial charge in [0, 0.05) is 13.1 Å². The Morgan fingerprint density at radius 3 is 2.27 bits per heavy atom. The number of amides is 1. The maximum Gasteiger partial charge on any atom is 0.243 e. The highest BCUT2D eigenvalue weighted by Crippen LogP contribution is 2.28. The van der Waals surface area contributed by atoms with E-state index in [1.54, 1.807) is 13.8 Å². The van der Waals surface area contributed by atoms with Gasteiger partial charge in [-0.3, -0.25) is 4.79 Å². The second-order valence-electron chi connectivity index (χ2n) is 5.98. The number of aromatic hydroxyl groups is 1. The molecule has 2 aromatic rings. The minimum atomic E-state index is -3.67. The number of aryl methyl sites for hydroxylation is 1. The Labute approximate surface area is 154 Å². The van der Waals surface area contributed by atoms with E-state index >= 15 is 0 Å². The summed E-state index contributed by atoms with van der Waals surface area (Å²) >= 11 is 0. The number of phenolic OH excluding ortho intramolecular Hbond substituents is 1. The number of nitrogens with zero attached hydrogens (tertiary/aromatic N) is 1. The lowest BCUT2D eigenvalue weighted by atomic mass is 10.1. The van der Waals surface area contributed by atoms with Crippen molar-refractivity contribution in [2.24, 2.45) is 0 Å². The fraction of sp³-hybridized carbons (Fsp3) is 0.316. The Kier molecular flexibility index (Phi) is 6.39. The lowest BCUT2D eigenvalue weighted by Crippen LogP contribution is -2.30. The quantitative estimate of drug-likeness (QED) is 0.728.